The molecule has 0 aliphatic carbocycles. The Morgan fingerprint density at radius 2 is 1.89 bits per heavy atom. The van der Waals surface area contributed by atoms with Gasteiger partial charge in [0.05, 0.1) is 0 Å². The predicted octanol–water partition coefficient (Wildman–Crippen LogP) is 3.59. The van der Waals surface area contributed by atoms with Gasteiger partial charge in [-0.3, -0.25) is 4.90 Å². The minimum Gasteiger partial charge on any atom is -0.330 e. The van der Waals surface area contributed by atoms with Crippen LogP contribution >= 0.6 is 0 Å². The lowest BCUT2D eigenvalue weighted by Gasteiger charge is -2.31. The molecule has 2 nitrogen and oxygen atoms in total. The molecule has 0 spiro atoms. The van der Waals surface area contributed by atoms with E-state index < -0.39 is 0 Å². The van der Waals surface area contributed by atoms with E-state index in [4.69, 9.17) is 5.73 Å². The number of nitrogens with two attached hydrogens (primary N) is 1. The third-order valence-electron chi connectivity index (χ3n) is 4.44. The van der Waals surface area contributed by atoms with E-state index in [1.807, 2.05) is 0 Å². The molecule has 0 amide bonds. The Hall–Kier alpha value is -0.860. The zero-order valence-electron chi connectivity index (χ0n) is 12.4. The summed E-state index contributed by atoms with van der Waals surface area (Å²) >= 11 is 0. The van der Waals surface area contributed by atoms with Crippen LogP contribution in [0.15, 0.2) is 30.3 Å². The summed E-state index contributed by atoms with van der Waals surface area (Å²) < 4.78 is 0. The SMILES string of the molecule is CC1(C)CCCN(C(CCN)c2ccccc2)CC1. The molecule has 1 aromatic rings. The molecule has 1 aliphatic heterocycles. The summed E-state index contributed by atoms with van der Waals surface area (Å²) in [5.74, 6) is 0. The first-order valence-corrected chi connectivity index (χ1v) is 7.61. The largest absolute Gasteiger partial charge is 0.330 e. The normalized spacial score (nSPS) is 21.8. The molecule has 0 radical (unpaired) electrons. The lowest BCUT2D eigenvalue weighted by Crippen LogP contribution is -2.31. The summed E-state index contributed by atoms with van der Waals surface area (Å²) in [5.41, 5.74) is 7.76. The monoisotopic (exact) mass is 260 g/mol. The summed E-state index contributed by atoms with van der Waals surface area (Å²) in [6, 6.07) is 11.4. The molecule has 1 heterocycles. The standard InChI is InChI=1S/C17H28N2/c1-17(2)10-6-13-19(14-11-17)16(9-12-18)15-7-4-3-5-8-15/h3-5,7-8,16H,6,9-14,18H2,1-2H3. The molecule has 0 aromatic heterocycles. The quantitative estimate of drug-likeness (QED) is 0.896. The fourth-order valence-corrected chi connectivity index (χ4v) is 3.15. The van der Waals surface area contributed by atoms with E-state index in [1.165, 1.54) is 37.9 Å². The number of rotatable bonds is 4. The average Bonchev–Trinajstić information content (AvgIpc) is 2.58. The Bertz CT molecular complexity index is 372. The highest BCUT2D eigenvalue weighted by Crippen LogP contribution is 2.33. The van der Waals surface area contributed by atoms with Gasteiger partial charge in [-0.05, 0) is 56.3 Å². The van der Waals surface area contributed by atoms with E-state index in [1.54, 1.807) is 0 Å². The van der Waals surface area contributed by atoms with Crippen molar-refractivity contribution >= 4 is 0 Å². The molecule has 19 heavy (non-hydrogen) atoms. The van der Waals surface area contributed by atoms with Crippen LogP contribution in [-0.4, -0.2) is 24.5 Å². The van der Waals surface area contributed by atoms with Crippen LogP contribution in [0.4, 0.5) is 0 Å². The summed E-state index contributed by atoms with van der Waals surface area (Å²) in [4.78, 5) is 2.65. The lowest BCUT2D eigenvalue weighted by molar-refractivity contribution is 0.188. The second-order valence-electron chi connectivity index (χ2n) is 6.56. The zero-order valence-corrected chi connectivity index (χ0v) is 12.4. The molecule has 0 bridgehead atoms. The molecular weight excluding hydrogens is 232 g/mol. The van der Waals surface area contributed by atoms with Gasteiger partial charge in [0, 0.05) is 6.04 Å². The molecule has 1 atom stereocenters. The Kier molecular flexibility index (Phi) is 5.00. The van der Waals surface area contributed by atoms with Crippen molar-refractivity contribution < 1.29 is 0 Å². The minimum atomic E-state index is 0.499. The second kappa shape index (κ2) is 6.53. The minimum absolute atomic E-state index is 0.499. The van der Waals surface area contributed by atoms with Crippen LogP contribution in [0.25, 0.3) is 0 Å². The van der Waals surface area contributed by atoms with Crippen molar-refractivity contribution in [3.8, 4) is 0 Å². The van der Waals surface area contributed by atoms with Gasteiger partial charge in [0.2, 0.25) is 0 Å². The van der Waals surface area contributed by atoms with E-state index in [0.29, 0.717) is 11.5 Å². The van der Waals surface area contributed by atoms with Gasteiger partial charge in [0.15, 0.2) is 0 Å². The summed E-state index contributed by atoms with van der Waals surface area (Å²) in [5, 5.41) is 0. The van der Waals surface area contributed by atoms with E-state index >= 15 is 0 Å². The molecule has 106 valence electrons. The molecule has 1 aromatic carbocycles. The maximum Gasteiger partial charge on any atom is 0.0360 e. The van der Waals surface area contributed by atoms with Gasteiger partial charge in [-0.25, -0.2) is 0 Å². The van der Waals surface area contributed by atoms with Gasteiger partial charge in [-0.15, -0.1) is 0 Å². The highest BCUT2D eigenvalue weighted by atomic mass is 15.2. The summed E-state index contributed by atoms with van der Waals surface area (Å²) in [6.45, 7) is 7.98. The maximum absolute atomic E-state index is 5.84. The van der Waals surface area contributed by atoms with Gasteiger partial charge in [-0.2, -0.15) is 0 Å². The maximum atomic E-state index is 5.84. The molecule has 1 unspecified atom stereocenters. The Labute approximate surface area is 118 Å². The van der Waals surface area contributed by atoms with Gasteiger partial charge >= 0.3 is 0 Å². The molecule has 2 heteroatoms. The first-order chi connectivity index (χ1) is 9.12. The van der Waals surface area contributed by atoms with Crippen molar-refractivity contribution in [3.63, 3.8) is 0 Å². The van der Waals surface area contributed by atoms with Crippen LogP contribution in [0.3, 0.4) is 0 Å². The Balaban J connectivity index is 2.11. The van der Waals surface area contributed by atoms with E-state index in [-0.39, 0.29) is 0 Å². The molecule has 1 aliphatic rings. The van der Waals surface area contributed by atoms with Crippen LogP contribution in [-0.2, 0) is 0 Å². The van der Waals surface area contributed by atoms with Crippen LogP contribution < -0.4 is 5.73 Å². The van der Waals surface area contributed by atoms with Crippen LogP contribution in [0.5, 0.6) is 0 Å². The summed E-state index contributed by atoms with van der Waals surface area (Å²) in [6.07, 6.45) is 5.00. The van der Waals surface area contributed by atoms with E-state index in [0.717, 1.165) is 13.0 Å². The van der Waals surface area contributed by atoms with Gasteiger partial charge < -0.3 is 5.73 Å². The molecule has 1 fully saturated rings. The van der Waals surface area contributed by atoms with Crippen molar-refractivity contribution in [2.24, 2.45) is 11.1 Å². The molecule has 1 saturated heterocycles. The fraction of sp³-hybridized carbons (Fsp3) is 0.647. The first-order valence-electron chi connectivity index (χ1n) is 7.61. The topological polar surface area (TPSA) is 29.3 Å². The molecular formula is C17H28N2. The van der Waals surface area contributed by atoms with Crippen molar-refractivity contribution in [1.82, 2.24) is 4.90 Å². The number of hydrogen-bond acceptors (Lipinski definition) is 2. The van der Waals surface area contributed by atoms with Crippen LogP contribution in [0, 0.1) is 5.41 Å². The van der Waals surface area contributed by atoms with Crippen LogP contribution in [0.1, 0.15) is 51.1 Å². The van der Waals surface area contributed by atoms with E-state index in [9.17, 15) is 0 Å². The molecule has 2 N–H and O–H groups in total. The Morgan fingerprint density at radius 1 is 1.16 bits per heavy atom. The number of hydrogen-bond donors (Lipinski definition) is 1. The fourth-order valence-electron chi connectivity index (χ4n) is 3.15. The summed E-state index contributed by atoms with van der Waals surface area (Å²) in [7, 11) is 0. The highest BCUT2D eigenvalue weighted by Gasteiger charge is 2.27. The van der Waals surface area contributed by atoms with Gasteiger partial charge in [-0.1, -0.05) is 44.2 Å². The van der Waals surface area contributed by atoms with Crippen molar-refractivity contribution in [1.29, 1.82) is 0 Å². The number of nitrogens with zero attached hydrogens (tertiary/aromatic N) is 1. The van der Waals surface area contributed by atoms with Crippen molar-refractivity contribution in [2.45, 2.75) is 45.6 Å². The predicted molar refractivity (Wildman–Crippen MR) is 82.1 cm³/mol. The number of likely N-dealkylation sites (tertiary alicyclic amines) is 1. The van der Waals surface area contributed by atoms with Crippen molar-refractivity contribution in [3.05, 3.63) is 35.9 Å². The van der Waals surface area contributed by atoms with Gasteiger partial charge in [0.25, 0.3) is 0 Å². The van der Waals surface area contributed by atoms with E-state index in [2.05, 4.69) is 49.1 Å². The highest BCUT2D eigenvalue weighted by molar-refractivity contribution is 5.19. The average molecular weight is 260 g/mol. The number of benzene rings is 1. The smallest absolute Gasteiger partial charge is 0.0360 e. The van der Waals surface area contributed by atoms with Crippen LogP contribution in [0.2, 0.25) is 0 Å². The third kappa shape index (κ3) is 4.05. The van der Waals surface area contributed by atoms with Crippen molar-refractivity contribution in [2.75, 3.05) is 19.6 Å². The molecule has 2 rings (SSSR count). The lowest BCUT2D eigenvalue weighted by atomic mass is 9.85. The zero-order chi connectivity index (χ0) is 13.7. The second-order valence-corrected chi connectivity index (χ2v) is 6.56. The first kappa shape index (κ1) is 14.5. The Morgan fingerprint density at radius 3 is 2.58 bits per heavy atom. The third-order valence-corrected chi connectivity index (χ3v) is 4.44. The van der Waals surface area contributed by atoms with Gasteiger partial charge in [0.1, 0.15) is 0 Å². The molecule has 0 saturated carbocycles.